The molecule has 0 spiro atoms. The van der Waals surface area contributed by atoms with Gasteiger partial charge in [-0.3, -0.25) is 9.59 Å². The topological polar surface area (TPSA) is 153 Å². The van der Waals surface area contributed by atoms with E-state index in [4.69, 9.17) is 4.74 Å². The molecule has 1 aliphatic heterocycles. The fraction of sp³-hybridized carbons (Fsp3) is 0.649. The van der Waals surface area contributed by atoms with Crippen LogP contribution in [0, 0.1) is 41.4 Å². The van der Waals surface area contributed by atoms with Gasteiger partial charge in [-0.15, -0.1) is 5.10 Å². The molecule has 2 saturated carbocycles. The molecule has 50 heavy (non-hydrogen) atoms. The van der Waals surface area contributed by atoms with Crippen molar-refractivity contribution in [1.82, 2.24) is 39.8 Å². The van der Waals surface area contributed by atoms with Crippen LogP contribution in [0.5, 0.6) is 0 Å². The van der Waals surface area contributed by atoms with Crippen molar-refractivity contribution in [1.29, 1.82) is 0 Å². The first-order valence-corrected chi connectivity index (χ1v) is 18.5. The molecule has 3 aliphatic carbocycles. The Hall–Kier alpha value is -3.97. The number of allylic oxidation sites excluding steroid dienone is 4. The predicted octanol–water partition coefficient (Wildman–Crippen LogP) is 3.69. The lowest BCUT2D eigenvalue weighted by Crippen LogP contribution is -2.48. The number of imidazole rings is 1. The summed E-state index contributed by atoms with van der Waals surface area (Å²) in [6.45, 7) is 12.7. The number of rotatable bonds is 9. The third-order valence-corrected chi connectivity index (χ3v) is 11.9. The molecule has 3 fully saturated rings. The number of ether oxygens (including phenoxy) is 1. The largest absolute Gasteiger partial charge is 0.461 e. The summed E-state index contributed by atoms with van der Waals surface area (Å²) in [5.41, 5.74) is 3.33. The summed E-state index contributed by atoms with van der Waals surface area (Å²) in [5.74, 6) is 1.04. The Morgan fingerprint density at radius 1 is 1.18 bits per heavy atom. The van der Waals surface area contributed by atoms with E-state index >= 15 is 0 Å². The third-order valence-electron chi connectivity index (χ3n) is 11.9. The first-order valence-electron chi connectivity index (χ1n) is 18.5. The number of aliphatic hydroxyl groups excluding tert-OH is 1. The lowest BCUT2D eigenvalue weighted by Gasteiger charge is -2.44. The molecule has 0 radical (unpaired) electrons. The van der Waals surface area contributed by atoms with E-state index in [1.807, 2.05) is 13.3 Å². The maximum atomic E-state index is 13.4. The highest BCUT2D eigenvalue weighted by Crippen LogP contribution is 2.49. The van der Waals surface area contributed by atoms with Gasteiger partial charge >= 0.3 is 5.97 Å². The number of carbonyl (C=O) groups excluding carboxylic acids is 2. The van der Waals surface area contributed by atoms with Crippen LogP contribution >= 0.6 is 0 Å². The zero-order valence-electron chi connectivity index (χ0n) is 29.7. The van der Waals surface area contributed by atoms with Crippen LogP contribution in [0.25, 0.3) is 16.7 Å². The van der Waals surface area contributed by atoms with Gasteiger partial charge in [0, 0.05) is 51.0 Å². The molecule has 0 aromatic carbocycles. The number of anilines is 1. The maximum absolute atomic E-state index is 13.4. The Bertz CT molecular complexity index is 1740. The van der Waals surface area contributed by atoms with Gasteiger partial charge in [0.1, 0.15) is 30.5 Å². The van der Waals surface area contributed by atoms with Crippen molar-refractivity contribution >= 4 is 34.3 Å². The average Bonchev–Trinajstić information content (AvgIpc) is 3.87. The summed E-state index contributed by atoms with van der Waals surface area (Å²) in [7, 11) is 0. The van der Waals surface area contributed by atoms with Crippen LogP contribution in [0.4, 0.5) is 5.82 Å². The normalized spacial score (nSPS) is 30.9. The predicted molar refractivity (Wildman–Crippen MR) is 189 cm³/mol. The molecule has 3 aromatic rings. The number of piperazine rings is 1. The van der Waals surface area contributed by atoms with Gasteiger partial charge in [0.05, 0.1) is 18.6 Å². The molecule has 3 aromatic heterocycles. The summed E-state index contributed by atoms with van der Waals surface area (Å²) >= 11 is 0. The Morgan fingerprint density at radius 3 is 2.76 bits per heavy atom. The molecule has 9 atom stereocenters. The van der Waals surface area contributed by atoms with Crippen LogP contribution < -0.4 is 10.2 Å². The summed E-state index contributed by atoms with van der Waals surface area (Å²) in [5, 5.41) is 23.2. The third kappa shape index (κ3) is 6.86. The zero-order valence-corrected chi connectivity index (χ0v) is 29.7. The second-order valence-corrected chi connectivity index (χ2v) is 15.1. The summed E-state index contributed by atoms with van der Waals surface area (Å²) < 4.78 is 9.85. The first-order chi connectivity index (χ1) is 24.2. The highest BCUT2D eigenvalue weighted by Gasteiger charge is 2.51. The van der Waals surface area contributed by atoms with Crippen LogP contribution in [0.2, 0.25) is 0 Å². The van der Waals surface area contributed by atoms with Crippen molar-refractivity contribution in [2.45, 2.75) is 85.1 Å². The van der Waals surface area contributed by atoms with Crippen molar-refractivity contribution < 1.29 is 19.4 Å². The first kappa shape index (κ1) is 34.5. The summed E-state index contributed by atoms with van der Waals surface area (Å²) in [6, 6.07) is 0. The highest BCUT2D eigenvalue weighted by atomic mass is 16.5. The number of Topliss-reactive ketones (excluding diaryl/α,β-unsaturated/α-hetero) is 1. The molecule has 3 unspecified atom stereocenters. The number of esters is 1. The minimum absolute atomic E-state index is 0.0349. The van der Waals surface area contributed by atoms with Gasteiger partial charge in [0.2, 0.25) is 0 Å². The van der Waals surface area contributed by atoms with Gasteiger partial charge < -0.3 is 24.6 Å². The van der Waals surface area contributed by atoms with Gasteiger partial charge in [-0.1, -0.05) is 57.6 Å². The quantitative estimate of drug-likeness (QED) is 0.317. The van der Waals surface area contributed by atoms with Crippen molar-refractivity contribution in [2.24, 2.45) is 41.4 Å². The van der Waals surface area contributed by atoms with Gasteiger partial charge in [-0.25, -0.2) is 19.6 Å². The van der Waals surface area contributed by atoms with E-state index in [-0.39, 0.29) is 53.8 Å². The molecule has 4 aliphatic rings. The molecule has 0 bridgehead atoms. The number of aromatic nitrogens is 7. The monoisotopic (exact) mass is 685 g/mol. The average molecular weight is 686 g/mol. The van der Waals surface area contributed by atoms with Crippen molar-refractivity contribution in [3.8, 4) is 0 Å². The number of nitrogens with one attached hydrogen (secondary N) is 1. The number of ketones is 1. The van der Waals surface area contributed by atoms with Crippen LogP contribution in [0.15, 0.2) is 37.1 Å². The van der Waals surface area contributed by atoms with E-state index in [2.05, 4.69) is 79.0 Å². The molecule has 2 N–H and O–H groups in total. The second-order valence-electron chi connectivity index (χ2n) is 15.1. The van der Waals surface area contributed by atoms with E-state index < -0.39 is 18.2 Å². The van der Waals surface area contributed by atoms with E-state index in [0.29, 0.717) is 18.5 Å². The zero-order chi connectivity index (χ0) is 34.9. The molecule has 4 heterocycles. The van der Waals surface area contributed by atoms with Gasteiger partial charge in [-0.05, 0) is 54.4 Å². The minimum Gasteiger partial charge on any atom is -0.461 e. The van der Waals surface area contributed by atoms with Crippen molar-refractivity contribution in [3.05, 3.63) is 42.8 Å². The van der Waals surface area contributed by atoms with Crippen LogP contribution in [-0.4, -0.2) is 89.8 Å². The lowest BCUT2D eigenvalue weighted by atomic mass is 9.64. The van der Waals surface area contributed by atoms with Gasteiger partial charge in [0.15, 0.2) is 17.0 Å². The molecule has 13 heteroatoms. The Morgan fingerprint density at radius 2 is 2.00 bits per heavy atom. The fourth-order valence-corrected chi connectivity index (χ4v) is 8.97. The number of fused-ring (bicyclic) bond motifs is 2. The number of carbonyl (C=O) groups is 2. The molecular weight excluding hydrogens is 634 g/mol. The van der Waals surface area contributed by atoms with E-state index in [0.717, 1.165) is 74.5 Å². The number of hydrogen-bond acceptors (Lipinski definition) is 11. The smallest absolute Gasteiger partial charge is 0.328 e. The van der Waals surface area contributed by atoms with Crippen LogP contribution in [-0.2, 0) is 27.4 Å². The van der Waals surface area contributed by atoms with Crippen molar-refractivity contribution in [3.63, 3.8) is 0 Å². The fourth-order valence-electron chi connectivity index (χ4n) is 8.97. The molecule has 1 saturated heterocycles. The van der Waals surface area contributed by atoms with E-state index in [1.165, 1.54) is 4.68 Å². The highest BCUT2D eigenvalue weighted by molar-refractivity contribution is 5.84. The molecular formula is C37H51N9O4. The number of hydrogen-bond donors (Lipinski definition) is 2. The Labute approximate surface area is 293 Å². The molecule has 0 amide bonds. The maximum Gasteiger partial charge on any atom is 0.328 e. The number of aliphatic hydroxyl groups is 1. The Kier molecular flexibility index (Phi) is 10.1. The minimum atomic E-state index is -0.537. The Balaban J connectivity index is 0.988. The standard InChI is InChI=1S/C37H51N9O4/c1-5-22(2)32-30(16-23(3)35(49)24(4)27-10-11-29(47)33(27)32)50-31(48)19-46-18-28(42-43-46)26-8-6-25(7-9-26)17-45-21-41-34-36(39-20-40-37(34)45)44-14-12-38-13-15-44/h6,8-9,18,20-25,27,30,32-33,35,38,49H,5,7,10-17,19H2,1-4H3/t22-,23+,24-,25?,27?,30-,32?,33+,35-/m1/s1. The number of nitrogens with zero attached hydrogens (tertiary/aromatic N) is 8. The second kappa shape index (κ2) is 14.7. The lowest BCUT2D eigenvalue weighted by molar-refractivity contribution is -0.163. The summed E-state index contributed by atoms with van der Waals surface area (Å²) in [6.07, 6.45) is 14.3. The molecule has 268 valence electrons. The van der Waals surface area contributed by atoms with Gasteiger partial charge in [-0.2, -0.15) is 0 Å². The van der Waals surface area contributed by atoms with E-state index in [1.54, 1.807) is 12.5 Å². The van der Waals surface area contributed by atoms with Crippen molar-refractivity contribution in [2.75, 3.05) is 31.1 Å². The molecule has 13 nitrogen and oxygen atoms in total. The van der Waals surface area contributed by atoms with E-state index in [9.17, 15) is 14.7 Å². The van der Waals surface area contributed by atoms with Crippen LogP contribution in [0.3, 0.4) is 0 Å². The summed E-state index contributed by atoms with van der Waals surface area (Å²) in [4.78, 5) is 42.8. The SMILES string of the molecule is CC[C@@H](C)C1[C@@H]2C(=O)CCC2[C@@H](C)[C@H](O)[C@@H](C)C[C@H]1OC(=O)Cn1cc(C2=CCC(Cn3cnc4c(N5CCNCC5)ncnc43)C=C2)nn1. The van der Waals surface area contributed by atoms with Gasteiger partial charge in [0.25, 0.3) is 0 Å². The molecule has 7 rings (SSSR count). The van der Waals surface area contributed by atoms with Crippen LogP contribution in [0.1, 0.15) is 65.5 Å².